The van der Waals surface area contributed by atoms with Crippen LogP contribution in [0.5, 0.6) is 0 Å². The third-order valence-corrected chi connectivity index (χ3v) is 2.33. The van der Waals surface area contributed by atoms with E-state index in [1.165, 1.54) is 11.3 Å². The van der Waals surface area contributed by atoms with E-state index in [-0.39, 0.29) is 0 Å². The van der Waals surface area contributed by atoms with Gasteiger partial charge in [0.25, 0.3) is 0 Å². The zero-order chi connectivity index (χ0) is 11.0. The Balaban J connectivity index is 2.19. The lowest BCUT2D eigenvalue weighted by atomic mass is 10.1. The Labute approximate surface area is 88.3 Å². The van der Waals surface area contributed by atoms with Crippen LogP contribution < -0.4 is 0 Å². The monoisotopic (exact) mass is 196 g/mol. The van der Waals surface area contributed by atoms with Gasteiger partial charge in [-0.3, -0.25) is 4.98 Å². The fourth-order valence-electron chi connectivity index (χ4n) is 1.58. The Morgan fingerprint density at radius 1 is 1.13 bits per heavy atom. The van der Waals surface area contributed by atoms with Gasteiger partial charge in [0, 0.05) is 11.8 Å². The zero-order valence-electron chi connectivity index (χ0n) is 8.96. The number of H-pyrrole nitrogens is 1. The molecule has 0 amide bonds. The molecule has 3 rings (SSSR count). The number of pyridine rings is 1. The summed E-state index contributed by atoms with van der Waals surface area (Å²) in [7, 11) is 0. The molecule has 0 aliphatic carbocycles. The molecule has 0 spiro atoms. The number of fused-ring (bicyclic) bond motifs is 1. The smallest absolute Gasteiger partial charge is 0.168 e. The fourth-order valence-corrected chi connectivity index (χ4v) is 1.58. The van der Waals surface area contributed by atoms with Gasteiger partial charge in [-0.25, -0.2) is 4.98 Å². The van der Waals surface area contributed by atoms with E-state index in [0.29, 0.717) is 0 Å². The number of aromatic nitrogens is 3. The van der Waals surface area contributed by atoms with Crippen molar-refractivity contribution in [3.8, 4) is 11.3 Å². The van der Waals surface area contributed by atoms with Crippen LogP contribution in [-0.2, 0) is 0 Å². The third kappa shape index (κ3) is 1.38. The van der Waals surface area contributed by atoms with Crippen molar-refractivity contribution in [3.63, 3.8) is 0 Å². The first-order chi connectivity index (χ1) is 7.84. The molecule has 0 unspecified atom stereocenters. The molecule has 1 N–H and O–H groups in total. The van der Waals surface area contributed by atoms with Gasteiger partial charge in [0.15, 0.2) is 1.41 Å². The van der Waals surface area contributed by atoms with Gasteiger partial charge >= 0.3 is 0 Å². The van der Waals surface area contributed by atoms with Gasteiger partial charge in [-0.05, 0) is 24.3 Å². The van der Waals surface area contributed by atoms with Crippen LogP contribution in [0.1, 0.15) is 0 Å². The van der Waals surface area contributed by atoms with E-state index in [9.17, 15) is 0 Å². The molecule has 3 nitrogen and oxygen atoms in total. The maximum atomic E-state index is 7.56. The highest BCUT2D eigenvalue weighted by Gasteiger charge is 2.00. The lowest BCUT2D eigenvalue weighted by Crippen LogP contribution is -1.81. The highest BCUT2D eigenvalue weighted by atomic mass is 14.9. The van der Waals surface area contributed by atoms with Crippen LogP contribution in [0.15, 0.2) is 48.9 Å². The summed E-state index contributed by atoms with van der Waals surface area (Å²) < 4.78 is 7.56. The second kappa shape index (κ2) is 3.20. The molecule has 0 fully saturated rings. The van der Waals surface area contributed by atoms with E-state index >= 15 is 0 Å². The molecule has 0 radical (unpaired) electrons. The van der Waals surface area contributed by atoms with E-state index in [1.54, 1.807) is 6.20 Å². The highest BCUT2D eigenvalue weighted by Crippen LogP contribution is 2.20. The molecular weight excluding hydrogens is 186 g/mol. The van der Waals surface area contributed by atoms with Crippen molar-refractivity contribution < 1.29 is 1.41 Å². The molecule has 0 saturated heterocycles. The standard InChI is InChI=1S/C12H9N3/c1-2-6-13-10(3-1)9-4-5-11-12(7-9)15-8-14-11/h1-8H,(H,14,15)/i/hD. The molecule has 3 heteroatoms. The minimum atomic E-state index is 0.805. The van der Waals surface area contributed by atoms with Crippen molar-refractivity contribution in [2.24, 2.45) is 0 Å². The average Bonchev–Trinajstić information content (AvgIpc) is 2.72. The van der Waals surface area contributed by atoms with Crippen LogP contribution in [0.4, 0.5) is 0 Å². The van der Waals surface area contributed by atoms with E-state index in [4.69, 9.17) is 1.41 Å². The maximum Gasteiger partial charge on any atom is 0.168 e. The number of hydrogen-bond acceptors (Lipinski definition) is 2. The number of nitrogens with zero attached hydrogens (tertiary/aromatic N) is 2. The molecule has 15 heavy (non-hydrogen) atoms. The lowest BCUT2D eigenvalue weighted by molar-refractivity contribution is 1.33. The summed E-state index contributed by atoms with van der Waals surface area (Å²) in [4.78, 5) is 9.69. The first-order valence-electron chi connectivity index (χ1n) is 5.17. The van der Waals surface area contributed by atoms with Crippen LogP contribution >= 0.6 is 0 Å². The van der Waals surface area contributed by atoms with Gasteiger partial charge in [-0.1, -0.05) is 12.1 Å². The lowest BCUT2D eigenvalue weighted by Gasteiger charge is -1.99. The minimum absolute atomic E-state index is 0.805. The SMILES string of the molecule is [2H]n1cnc2cc(-c3ccccn3)ccc21. The van der Waals surface area contributed by atoms with Crippen LogP contribution in [0, 0.1) is 0 Å². The van der Waals surface area contributed by atoms with Crippen LogP contribution in [0.2, 0.25) is 1.41 Å². The van der Waals surface area contributed by atoms with Crippen molar-refractivity contribution in [1.29, 1.82) is 0 Å². The van der Waals surface area contributed by atoms with E-state index in [1.807, 2.05) is 36.4 Å². The minimum Gasteiger partial charge on any atom is -0.345 e. The fraction of sp³-hybridized carbons (Fsp3) is 0. The molecule has 2 heterocycles. The predicted molar refractivity (Wildman–Crippen MR) is 59.3 cm³/mol. The average molecular weight is 196 g/mol. The quantitative estimate of drug-likeness (QED) is 0.650. The van der Waals surface area contributed by atoms with Gasteiger partial charge in [-0.15, -0.1) is 0 Å². The molecule has 0 aliphatic rings. The Morgan fingerprint density at radius 3 is 3.00 bits per heavy atom. The summed E-state index contributed by atoms with van der Waals surface area (Å²) in [6.45, 7) is 0. The Kier molecular flexibility index (Phi) is 1.53. The highest BCUT2D eigenvalue weighted by molar-refractivity contribution is 5.80. The van der Waals surface area contributed by atoms with E-state index in [0.717, 1.165) is 22.3 Å². The molecule has 1 aromatic carbocycles. The number of imidazole rings is 1. The van der Waals surface area contributed by atoms with Gasteiger partial charge in [-0.2, -0.15) is 0 Å². The van der Waals surface area contributed by atoms with Crippen molar-refractivity contribution in [1.82, 2.24) is 14.9 Å². The van der Waals surface area contributed by atoms with Crippen molar-refractivity contribution in [3.05, 3.63) is 48.9 Å². The Morgan fingerprint density at radius 2 is 2.13 bits per heavy atom. The number of benzene rings is 1. The molecule has 0 aliphatic heterocycles. The molecule has 72 valence electrons. The third-order valence-electron chi connectivity index (χ3n) is 2.33. The normalized spacial score (nSPS) is 11.6. The Hall–Kier alpha value is -2.16. The van der Waals surface area contributed by atoms with Crippen LogP contribution in [-0.4, -0.2) is 14.9 Å². The summed E-state index contributed by atoms with van der Waals surface area (Å²) >= 11 is 0. The number of hydrogen-bond donors (Lipinski definition) is 1. The molecule has 0 atom stereocenters. The molecular formula is C12H9N3. The summed E-state index contributed by atoms with van der Waals surface area (Å²) in [5.41, 5.74) is 3.56. The second-order valence-corrected chi connectivity index (χ2v) is 3.29. The Bertz CT molecular complexity index is 631. The topological polar surface area (TPSA) is 41.6 Å². The summed E-state index contributed by atoms with van der Waals surface area (Å²) in [5, 5.41) is 0. The van der Waals surface area contributed by atoms with Crippen molar-refractivity contribution >= 4 is 11.0 Å². The molecule has 3 aromatic rings. The van der Waals surface area contributed by atoms with Crippen LogP contribution in [0.3, 0.4) is 0 Å². The molecule has 0 bridgehead atoms. The van der Waals surface area contributed by atoms with E-state index in [2.05, 4.69) is 9.97 Å². The maximum absolute atomic E-state index is 7.56. The number of rotatable bonds is 1. The van der Waals surface area contributed by atoms with Crippen molar-refractivity contribution in [2.45, 2.75) is 0 Å². The summed E-state index contributed by atoms with van der Waals surface area (Å²) in [6.07, 6.45) is 3.26. The van der Waals surface area contributed by atoms with E-state index < -0.39 is 0 Å². The number of nitrogens with one attached hydrogen (secondary N) is 1. The van der Waals surface area contributed by atoms with Crippen molar-refractivity contribution in [2.75, 3.05) is 0 Å². The first-order valence-corrected chi connectivity index (χ1v) is 4.72. The largest absolute Gasteiger partial charge is 0.345 e. The van der Waals surface area contributed by atoms with Gasteiger partial charge in [0.1, 0.15) is 0 Å². The first kappa shape index (κ1) is 7.17. The molecule has 0 saturated carbocycles. The molecule has 2 aromatic heterocycles. The van der Waals surface area contributed by atoms with Gasteiger partial charge in [0.05, 0.1) is 23.1 Å². The van der Waals surface area contributed by atoms with Gasteiger partial charge < -0.3 is 4.98 Å². The second-order valence-electron chi connectivity index (χ2n) is 3.29. The van der Waals surface area contributed by atoms with Crippen LogP contribution in [0.25, 0.3) is 22.3 Å². The summed E-state index contributed by atoms with van der Waals surface area (Å²) in [6, 6.07) is 11.6. The predicted octanol–water partition coefficient (Wildman–Crippen LogP) is 2.62. The number of aromatic amines is 1. The van der Waals surface area contributed by atoms with Gasteiger partial charge in [0.2, 0.25) is 0 Å². The zero-order valence-corrected chi connectivity index (χ0v) is 7.96. The summed E-state index contributed by atoms with van der Waals surface area (Å²) in [5.74, 6) is 0.